The first kappa shape index (κ1) is 18.3. The molecule has 28 heavy (non-hydrogen) atoms. The van der Waals surface area contributed by atoms with E-state index in [9.17, 15) is 18.0 Å². The summed E-state index contributed by atoms with van der Waals surface area (Å²) in [5, 5.41) is 4.25. The number of alkyl halides is 3. The maximum absolute atomic E-state index is 12.4. The average molecular weight is 405 g/mol. The van der Waals surface area contributed by atoms with Gasteiger partial charge in [0, 0.05) is 23.7 Å². The van der Waals surface area contributed by atoms with Gasteiger partial charge in [0.2, 0.25) is 0 Å². The predicted octanol–water partition coefficient (Wildman–Crippen LogP) is 4.81. The van der Waals surface area contributed by atoms with Crippen molar-refractivity contribution < 1.29 is 22.7 Å². The molecule has 0 radical (unpaired) electrons. The van der Waals surface area contributed by atoms with Crippen LogP contribution in [0.5, 0.6) is 5.75 Å². The molecule has 0 atom stereocenters. The number of carbonyl (C=O) groups is 1. The Hall–Kier alpha value is -3.07. The average Bonchev–Trinajstić information content (AvgIpc) is 3.15. The third-order valence-corrected chi connectivity index (χ3v) is 5.19. The molecule has 0 aliphatic carbocycles. The second-order valence-electron chi connectivity index (χ2n) is 6.07. The fourth-order valence-corrected chi connectivity index (χ4v) is 4.08. The molecule has 2 heterocycles. The molecule has 2 aromatic carbocycles. The molecule has 1 N–H and O–H groups in total. The molecule has 144 valence electrons. The van der Waals surface area contributed by atoms with Crippen LogP contribution in [-0.4, -0.2) is 28.9 Å². The number of aromatic nitrogens is 2. The Kier molecular flexibility index (Phi) is 4.26. The number of thiazole rings is 1. The highest BCUT2D eigenvalue weighted by Gasteiger charge is 2.31. The van der Waals surface area contributed by atoms with Crippen molar-refractivity contribution in [1.82, 2.24) is 14.9 Å². The minimum absolute atomic E-state index is 0.205. The van der Waals surface area contributed by atoms with Gasteiger partial charge < -0.3 is 10.1 Å². The summed E-state index contributed by atoms with van der Waals surface area (Å²) in [6, 6.07) is 10.9. The van der Waals surface area contributed by atoms with Crippen molar-refractivity contribution in [1.29, 1.82) is 0 Å². The molecule has 9 heteroatoms. The van der Waals surface area contributed by atoms with Gasteiger partial charge in [-0.1, -0.05) is 0 Å². The lowest BCUT2D eigenvalue weighted by molar-refractivity contribution is -0.274. The lowest BCUT2D eigenvalue weighted by Gasteiger charge is -2.11. The van der Waals surface area contributed by atoms with E-state index in [2.05, 4.69) is 15.0 Å². The van der Waals surface area contributed by atoms with Crippen LogP contribution in [-0.2, 0) is 0 Å². The van der Waals surface area contributed by atoms with Gasteiger partial charge in [-0.25, -0.2) is 4.98 Å². The molecule has 4 rings (SSSR count). The third-order valence-electron chi connectivity index (χ3n) is 4.23. The predicted molar refractivity (Wildman–Crippen MR) is 101 cm³/mol. The van der Waals surface area contributed by atoms with Crippen LogP contribution in [0.3, 0.4) is 0 Å². The van der Waals surface area contributed by atoms with E-state index in [1.807, 2.05) is 17.6 Å². The van der Waals surface area contributed by atoms with Crippen molar-refractivity contribution in [3.8, 4) is 11.4 Å². The highest BCUT2D eigenvalue weighted by molar-refractivity contribution is 7.18. The van der Waals surface area contributed by atoms with Crippen LogP contribution >= 0.6 is 11.3 Å². The van der Waals surface area contributed by atoms with Gasteiger partial charge in [0.25, 0.3) is 5.91 Å². The largest absolute Gasteiger partial charge is 0.573 e. The number of nitrogens with zero attached hydrogens (tertiary/aromatic N) is 2. The Morgan fingerprint density at radius 1 is 1.18 bits per heavy atom. The number of ether oxygens (including phenoxy) is 1. The summed E-state index contributed by atoms with van der Waals surface area (Å²) in [4.78, 5) is 17.4. The lowest BCUT2D eigenvalue weighted by atomic mass is 10.1. The summed E-state index contributed by atoms with van der Waals surface area (Å²) in [7, 11) is 1.56. The Morgan fingerprint density at radius 2 is 1.89 bits per heavy atom. The first-order valence-electron chi connectivity index (χ1n) is 8.27. The van der Waals surface area contributed by atoms with E-state index in [1.165, 1.54) is 23.5 Å². The Bertz CT molecular complexity index is 1190. The monoisotopic (exact) mass is 405 g/mol. The molecular formula is C19H14F3N3O2S. The highest BCUT2D eigenvalue weighted by Crippen LogP contribution is 2.36. The summed E-state index contributed by atoms with van der Waals surface area (Å²) in [6.07, 6.45) is -4.74. The van der Waals surface area contributed by atoms with Crippen molar-refractivity contribution in [2.24, 2.45) is 0 Å². The second-order valence-corrected chi connectivity index (χ2v) is 7.26. The molecule has 0 aliphatic rings. The van der Waals surface area contributed by atoms with Gasteiger partial charge in [0.1, 0.15) is 16.1 Å². The maximum atomic E-state index is 12.4. The molecule has 0 saturated heterocycles. The minimum Gasteiger partial charge on any atom is -0.406 e. The third kappa shape index (κ3) is 3.18. The maximum Gasteiger partial charge on any atom is 0.573 e. The Morgan fingerprint density at radius 3 is 2.54 bits per heavy atom. The zero-order valence-electron chi connectivity index (χ0n) is 14.8. The van der Waals surface area contributed by atoms with Gasteiger partial charge in [0.05, 0.1) is 10.5 Å². The Labute approximate surface area is 161 Å². The van der Waals surface area contributed by atoms with Crippen LogP contribution in [0.15, 0.2) is 42.5 Å². The van der Waals surface area contributed by atoms with E-state index in [1.54, 1.807) is 31.3 Å². The van der Waals surface area contributed by atoms with Crippen molar-refractivity contribution in [2.75, 3.05) is 7.05 Å². The number of hydrogen-bond donors (Lipinski definition) is 1. The molecule has 0 unspecified atom stereocenters. The van der Waals surface area contributed by atoms with Gasteiger partial charge in [-0.2, -0.15) is 0 Å². The van der Waals surface area contributed by atoms with E-state index < -0.39 is 6.36 Å². The number of hydrogen-bond acceptors (Lipinski definition) is 4. The van der Waals surface area contributed by atoms with Crippen LogP contribution in [0, 0.1) is 6.92 Å². The SMILES string of the molecule is CNC(=O)c1ccc2c(c1)c1nc(C)sc1n2-c1ccc(OC(F)(F)F)cc1. The van der Waals surface area contributed by atoms with Crippen molar-refractivity contribution in [3.63, 3.8) is 0 Å². The minimum atomic E-state index is -4.74. The number of halogens is 3. The number of rotatable bonds is 3. The Balaban J connectivity index is 1.89. The van der Waals surface area contributed by atoms with E-state index >= 15 is 0 Å². The zero-order valence-corrected chi connectivity index (χ0v) is 15.6. The normalized spacial score (nSPS) is 11.9. The molecule has 0 fully saturated rings. The second kappa shape index (κ2) is 6.52. The summed E-state index contributed by atoms with van der Waals surface area (Å²) in [6.45, 7) is 1.88. The van der Waals surface area contributed by atoms with Gasteiger partial charge >= 0.3 is 6.36 Å². The van der Waals surface area contributed by atoms with E-state index in [-0.39, 0.29) is 11.7 Å². The van der Waals surface area contributed by atoms with Gasteiger partial charge in [-0.15, -0.1) is 24.5 Å². The summed E-state index contributed by atoms with van der Waals surface area (Å²) >= 11 is 1.47. The number of fused-ring (bicyclic) bond motifs is 3. The first-order chi connectivity index (χ1) is 13.3. The number of nitrogens with one attached hydrogen (secondary N) is 1. The van der Waals surface area contributed by atoms with Crippen molar-refractivity contribution in [3.05, 3.63) is 53.0 Å². The fourth-order valence-electron chi connectivity index (χ4n) is 3.11. The number of carbonyl (C=O) groups excluding carboxylic acids is 1. The van der Waals surface area contributed by atoms with Gasteiger partial charge in [-0.05, 0) is 49.4 Å². The molecule has 0 spiro atoms. The van der Waals surface area contributed by atoms with Crippen LogP contribution in [0.25, 0.3) is 26.9 Å². The standard InChI is InChI=1S/C19H14F3N3O2S/c1-10-24-16-14-9-11(17(26)23-2)3-8-15(14)25(18(16)28-10)12-4-6-13(7-5-12)27-19(20,21)22/h3-9H,1-2H3,(H,23,26). The first-order valence-corrected chi connectivity index (χ1v) is 9.08. The number of benzene rings is 2. The van der Waals surface area contributed by atoms with Gasteiger partial charge in [0.15, 0.2) is 0 Å². The van der Waals surface area contributed by atoms with E-state index in [0.29, 0.717) is 11.3 Å². The molecule has 1 amide bonds. The molecule has 0 bridgehead atoms. The van der Waals surface area contributed by atoms with Crippen molar-refractivity contribution in [2.45, 2.75) is 13.3 Å². The zero-order chi connectivity index (χ0) is 20.1. The van der Waals surface area contributed by atoms with Crippen LogP contribution < -0.4 is 10.1 Å². The van der Waals surface area contributed by atoms with Crippen molar-refractivity contribution >= 4 is 38.5 Å². The van der Waals surface area contributed by atoms with Crippen LogP contribution in [0.4, 0.5) is 13.2 Å². The molecular weight excluding hydrogens is 391 g/mol. The van der Waals surface area contributed by atoms with E-state index in [4.69, 9.17) is 0 Å². The summed E-state index contributed by atoms with van der Waals surface area (Å²) < 4.78 is 43.1. The van der Waals surface area contributed by atoms with Crippen LogP contribution in [0.2, 0.25) is 0 Å². The molecule has 0 saturated carbocycles. The number of aryl methyl sites for hydroxylation is 1. The van der Waals surface area contributed by atoms with Gasteiger partial charge in [-0.3, -0.25) is 9.36 Å². The molecule has 4 aromatic rings. The van der Waals surface area contributed by atoms with Crippen LogP contribution in [0.1, 0.15) is 15.4 Å². The summed E-state index contributed by atoms with van der Waals surface area (Å²) in [5.74, 6) is -0.491. The topological polar surface area (TPSA) is 56.2 Å². The highest BCUT2D eigenvalue weighted by atomic mass is 32.1. The number of amides is 1. The quantitative estimate of drug-likeness (QED) is 0.532. The fraction of sp³-hybridized carbons (Fsp3) is 0.158. The smallest absolute Gasteiger partial charge is 0.406 e. The molecule has 0 aliphatic heterocycles. The molecule has 5 nitrogen and oxygen atoms in total. The molecule has 2 aromatic heterocycles. The summed E-state index contributed by atoms with van der Waals surface area (Å²) in [5.41, 5.74) is 2.74. The van der Waals surface area contributed by atoms with E-state index in [0.717, 1.165) is 26.3 Å². The lowest BCUT2D eigenvalue weighted by Crippen LogP contribution is -2.17.